The third kappa shape index (κ3) is 10.7. The number of aliphatic carboxylic acids is 1. The molecule has 0 aliphatic rings. The van der Waals surface area contributed by atoms with Crippen molar-refractivity contribution in [1.82, 2.24) is 5.32 Å². The molecule has 3 aromatic rings. The first kappa shape index (κ1) is 33.0. The normalized spacial score (nSPS) is 9.85. The maximum Gasteiger partial charge on any atom is 0.322 e. The third-order valence-corrected chi connectivity index (χ3v) is 5.19. The van der Waals surface area contributed by atoms with Crippen LogP contribution in [-0.4, -0.2) is 44.4 Å². The third-order valence-electron chi connectivity index (χ3n) is 5.19. The summed E-state index contributed by atoms with van der Waals surface area (Å²) in [5.74, 6) is -2.75. The molecule has 0 saturated heterocycles. The molecule has 3 rings (SSSR count). The summed E-state index contributed by atoms with van der Waals surface area (Å²) >= 11 is 0. The molecule has 212 valence electrons. The average molecular weight is 546 g/mol. The van der Waals surface area contributed by atoms with Crippen molar-refractivity contribution in [3.63, 3.8) is 0 Å². The zero-order valence-electron chi connectivity index (χ0n) is 23.3. The number of ether oxygens (including phenoxy) is 3. The minimum Gasteiger partial charge on any atom is -0.496 e. The summed E-state index contributed by atoms with van der Waals surface area (Å²) in [6.45, 7) is 8.65. The maximum atomic E-state index is 13.0. The van der Waals surface area contributed by atoms with Gasteiger partial charge in [0.15, 0.2) is 0 Å². The second-order valence-corrected chi connectivity index (χ2v) is 7.95. The first-order valence-electron chi connectivity index (χ1n) is 12.5. The van der Waals surface area contributed by atoms with Gasteiger partial charge in [0, 0.05) is 18.6 Å². The van der Waals surface area contributed by atoms with Crippen molar-refractivity contribution in [3.05, 3.63) is 94.0 Å². The summed E-state index contributed by atoms with van der Waals surface area (Å²) in [5.41, 5.74) is 3.84. The maximum absolute atomic E-state index is 13.0. The molecular weight excluding hydrogens is 508 g/mol. The van der Waals surface area contributed by atoms with Gasteiger partial charge in [-0.1, -0.05) is 49.7 Å². The molecule has 0 aliphatic heterocycles. The predicted molar refractivity (Wildman–Crippen MR) is 147 cm³/mol. The number of hydrogen-bond acceptors (Lipinski definition) is 5. The molecular formula is C30H37F2NO6. The second-order valence-electron chi connectivity index (χ2n) is 7.95. The number of rotatable bonds is 10. The van der Waals surface area contributed by atoms with Crippen LogP contribution in [0.5, 0.6) is 11.5 Å². The Morgan fingerprint density at radius 3 is 1.95 bits per heavy atom. The van der Waals surface area contributed by atoms with Gasteiger partial charge in [-0.05, 0) is 49.2 Å². The largest absolute Gasteiger partial charge is 0.496 e. The molecule has 0 atom stereocenters. The van der Waals surface area contributed by atoms with E-state index in [1.807, 2.05) is 38.2 Å². The molecule has 0 aliphatic carbocycles. The lowest BCUT2D eigenvalue weighted by atomic mass is 10.00. The highest BCUT2D eigenvalue weighted by molar-refractivity contribution is 5.96. The molecule has 2 N–H and O–H groups in total. The van der Waals surface area contributed by atoms with Gasteiger partial charge < -0.3 is 24.6 Å². The van der Waals surface area contributed by atoms with E-state index in [0.29, 0.717) is 13.2 Å². The Morgan fingerprint density at radius 1 is 0.897 bits per heavy atom. The van der Waals surface area contributed by atoms with E-state index in [4.69, 9.17) is 19.3 Å². The van der Waals surface area contributed by atoms with E-state index >= 15 is 0 Å². The standard InChI is InChI=1S/C19H24O3.C9H7F2NO3.C2H6/c1-5-22-13-16-11-18(20-3)17(19(12-16)21-4)10-15-8-6-7-14(2)9-15;10-5-2-1-3-6(11)8(5)9(15)12-4-7(13)14;1-2/h6-9,11-12H,5,10,13H2,1-4H3;1-3H,4H2,(H,12,15)(H,13,14);1-2H3. The molecule has 0 heterocycles. The number of benzene rings is 3. The van der Waals surface area contributed by atoms with E-state index in [1.54, 1.807) is 14.2 Å². The summed E-state index contributed by atoms with van der Waals surface area (Å²) in [6.07, 6.45) is 0.781. The highest BCUT2D eigenvalue weighted by Crippen LogP contribution is 2.33. The number of nitrogens with one attached hydrogen (secondary N) is 1. The van der Waals surface area contributed by atoms with Gasteiger partial charge in [0.25, 0.3) is 5.91 Å². The summed E-state index contributed by atoms with van der Waals surface area (Å²) < 4.78 is 42.6. The Hall–Kier alpha value is -3.98. The lowest BCUT2D eigenvalue weighted by Gasteiger charge is -2.16. The molecule has 0 spiro atoms. The van der Waals surface area contributed by atoms with Gasteiger partial charge in [-0.25, -0.2) is 8.78 Å². The number of carboxylic acid groups (broad SMARTS) is 1. The van der Waals surface area contributed by atoms with Crippen molar-refractivity contribution in [2.75, 3.05) is 27.4 Å². The summed E-state index contributed by atoms with van der Waals surface area (Å²) in [5, 5.41) is 10.1. The fourth-order valence-corrected chi connectivity index (χ4v) is 3.50. The highest BCUT2D eigenvalue weighted by Gasteiger charge is 2.17. The van der Waals surface area contributed by atoms with Crippen LogP contribution in [0.3, 0.4) is 0 Å². The van der Waals surface area contributed by atoms with Crippen LogP contribution in [0.4, 0.5) is 8.78 Å². The molecule has 0 saturated carbocycles. The predicted octanol–water partition coefficient (Wildman–Crippen LogP) is 5.94. The number of carboxylic acids is 1. The zero-order chi connectivity index (χ0) is 29.4. The molecule has 9 heteroatoms. The lowest BCUT2D eigenvalue weighted by Crippen LogP contribution is -2.30. The monoisotopic (exact) mass is 545 g/mol. The van der Waals surface area contributed by atoms with Crippen LogP contribution < -0.4 is 14.8 Å². The van der Waals surface area contributed by atoms with Gasteiger partial charge in [0.2, 0.25) is 0 Å². The van der Waals surface area contributed by atoms with Crippen molar-refractivity contribution in [2.24, 2.45) is 0 Å². The van der Waals surface area contributed by atoms with E-state index < -0.39 is 35.6 Å². The van der Waals surface area contributed by atoms with Gasteiger partial charge in [0.05, 0.1) is 20.8 Å². The summed E-state index contributed by atoms with van der Waals surface area (Å²) in [4.78, 5) is 21.2. The van der Waals surface area contributed by atoms with Crippen LogP contribution in [0.25, 0.3) is 0 Å². The molecule has 0 unspecified atom stereocenters. The average Bonchev–Trinajstić information content (AvgIpc) is 2.92. The van der Waals surface area contributed by atoms with Crippen LogP contribution in [-0.2, 0) is 22.6 Å². The van der Waals surface area contributed by atoms with E-state index in [9.17, 15) is 18.4 Å². The number of carbonyl (C=O) groups is 2. The summed E-state index contributed by atoms with van der Waals surface area (Å²) in [7, 11) is 3.39. The fraction of sp³-hybridized carbons (Fsp3) is 0.333. The number of halogens is 2. The Bertz CT molecular complexity index is 1170. The summed E-state index contributed by atoms with van der Waals surface area (Å²) in [6, 6.07) is 15.5. The number of methoxy groups -OCH3 is 2. The van der Waals surface area contributed by atoms with Crippen LogP contribution in [0.2, 0.25) is 0 Å². The first-order valence-corrected chi connectivity index (χ1v) is 12.5. The molecule has 0 aromatic heterocycles. The SMILES string of the molecule is CC.CCOCc1cc(OC)c(Cc2cccc(C)c2)c(OC)c1.O=C(O)CNC(=O)c1c(F)cccc1F. The van der Waals surface area contributed by atoms with Gasteiger partial charge >= 0.3 is 5.97 Å². The Balaban J connectivity index is 0.000000391. The van der Waals surface area contributed by atoms with E-state index in [0.717, 1.165) is 47.2 Å². The Labute approximate surface area is 228 Å². The molecule has 39 heavy (non-hydrogen) atoms. The zero-order valence-corrected chi connectivity index (χ0v) is 23.3. The molecule has 7 nitrogen and oxygen atoms in total. The number of hydrogen-bond donors (Lipinski definition) is 2. The quantitative estimate of drug-likeness (QED) is 0.327. The van der Waals surface area contributed by atoms with Crippen molar-refractivity contribution in [1.29, 1.82) is 0 Å². The fourth-order valence-electron chi connectivity index (χ4n) is 3.50. The number of aryl methyl sites for hydroxylation is 1. The smallest absolute Gasteiger partial charge is 0.322 e. The van der Waals surface area contributed by atoms with Gasteiger partial charge in [-0.2, -0.15) is 0 Å². The second kappa shape index (κ2) is 17.5. The van der Waals surface area contributed by atoms with E-state index in [1.165, 1.54) is 11.1 Å². The van der Waals surface area contributed by atoms with Crippen molar-refractivity contribution in [2.45, 2.75) is 40.7 Å². The topological polar surface area (TPSA) is 94.1 Å². The van der Waals surface area contributed by atoms with Crippen LogP contribution >= 0.6 is 0 Å². The number of amides is 1. The number of carbonyl (C=O) groups excluding carboxylic acids is 1. The van der Waals surface area contributed by atoms with Crippen LogP contribution in [0.1, 0.15) is 53.4 Å². The minimum absolute atomic E-state index is 0.563. The van der Waals surface area contributed by atoms with Gasteiger partial charge in [0.1, 0.15) is 35.2 Å². The van der Waals surface area contributed by atoms with Crippen LogP contribution in [0.15, 0.2) is 54.6 Å². The Morgan fingerprint density at radius 2 is 1.46 bits per heavy atom. The minimum atomic E-state index is -1.29. The molecule has 0 radical (unpaired) electrons. The molecule has 0 bridgehead atoms. The van der Waals surface area contributed by atoms with Crippen molar-refractivity contribution < 1.29 is 37.7 Å². The van der Waals surface area contributed by atoms with E-state index in [2.05, 4.69) is 31.2 Å². The molecule has 0 fully saturated rings. The molecule has 1 amide bonds. The van der Waals surface area contributed by atoms with Crippen molar-refractivity contribution in [3.8, 4) is 11.5 Å². The highest BCUT2D eigenvalue weighted by atomic mass is 19.1. The molecule has 3 aromatic carbocycles. The van der Waals surface area contributed by atoms with E-state index in [-0.39, 0.29) is 0 Å². The van der Waals surface area contributed by atoms with Crippen molar-refractivity contribution >= 4 is 11.9 Å². The van der Waals surface area contributed by atoms with Gasteiger partial charge in [-0.3, -0.25) is 9.59 Å². The lowest BCUT2D eigenvalue weighted by molar-refractivity contribution is -0.135. The van der Waals surface area contributed by atoms with Gasteiger partial charge in [-0.15, -0.1) is 0 Å². The van der Waals surface area contributed by atoms with Crippen LogP contribution in [0, 0.1) is 18.6 Å². The first-order chi connectivity index (χ1) is 18.7. The Kier molecular flexibility index (Phi) is 14.8.